The molecule has 0 saturated heterocycles. The van der Waals surface area contributed by atoms with Gasteiger partial charge in [0.2, 0.25) is 0 Å². The third-order valence-electron chi connectivity index (χ3n) is 2.15. The van der Waals surface area contributed by atoms with Crippen molar-refractivity contribution in [2.45, 2.75) is 6.92 Å². The number of aryl methyl sites for hydroxylation is 1. The van der Waals surface area contributed by atoms with Crippen molar-refractivity contribution >= 4 is 23.3 Å². The number of nitrogens with one attached hydrogen (secondary N) is 1. The maximum absolute atomic E-state index is 11.8. The molecule has 86 valence electrons. The molecule has 0 unspecified atom stereocenters. The zero-order valence-corrected chi connectivity index (χ0v) is 9.90. The van der Waals surface area contributed by atoms with Crippen molar-refractivity contribution < 1.29 is 4.79 Å². The van der Waals surface area contributed by atoms with Crippen LogP contribution in [0.2, 0.25) is 5.15 Å². The van der Waals surface area contributed by atoms with Gasteiger partial charge in [0.05, 0.1) is 0 Å². The second kappa shape index (κ2) is 4.93. The van der Waals surface area contributed by atoms with Crippen molar-refractivity contribution in [2.75, 3.05) is 5.32 Å². The van der Waals surface area contributed by atoms with Gasteiger partial charge in [0.1, 0.15) is 11.0 Å². The first-order chi connectivity index (χ1) is 8.15. The molecule has 2 aromatic rings. The Hall–Kier alpha value is -1.94. The van der Waals surface area contributed by atoms with Gasteiger partial charge in [-0.25, -0.2) is 9.97 Å². The largest absolute Gasteiger partial charge is 0.307 e. The van der Waals surface area contributed by atoms with E-state index in [1.807, 2.05) is 13.0 Å². The molecule has 0 bridgehead atoms. The van der Waals surface area contributed by atoms with Crippen LogP contribution >= 0.6 is 11.6 Å². The average Bonchev–Trinajstić information content (AvgIpc) is 2.29. The van der Waals surface area contributed by atoms with Gasteiger partial charge in [0, 0.05) is 18.0 Å². The minimum absolute atomic E-state index is 0.257. The molecule has 0 fully saturated rings. The lowest BCUT2D eigenvalue weighted by atomic mass is 10.2. The van der Waals surface area contributed by atoms with Crippen LogP contribution in [-0.4, -0.2) is 15.9 Å². The van der Waals surface area contributed by atoms with E-state index in [-0.39, 0.29) is 11.1 Å². The van der Waals surface area contributed by atoms with Crippen LogP contribution in [0.5, 0.6) is 0 Å². The van der Waals surface area contributed by atoms with Gasteiger partial charge in [0.15, 0.2) is 0 Å². The first kappa shape index (κ1) is 11.5. The van der Waals surface area contributed by atoms with E-state index < -0.39 is 0 Å². The molecule has 0 aliphatic rings. The second-order valence-corrected chi connectivity index (χ2v) is 3.93. The lowest BCUT2D eigenvalue weighted by Crippen LogP contribution is -2.13. The van der Waals surface area contributed by atoms with Gasteiger partial charge in [-0.1, -0.05) is 11.6 Å². The molecule has 17 heavy (non-hydrogen) atoms. The Morgan fingerprint density at radius 2 is 2.00 bits per heavy atom. The minimum atomic E-state index is -0.257. The molecular weight excluding hydrogens is 238 g/mol. The number of aromatic nitrogens is 2. The van der Waals surface area contributed by atoms with Crippen LogP contribution in [0.3, 0.4) is 0 Å². The normalized spacial score (nSPS) is 10.0. The average molecular weight is 248 g/mol. The van der Waals surface area contributed by atoms with Crippen molar-refractivity contribution in [3.8, 4) is 0 Å². The van der Waals surface area contributed by atoms with Crippen LogP contribution < -0.4 is 5.32 Å². The van der Waals surface area contributed by atoms with Crippen LogP contribution in [0.1, 0.15) is 15.9 Å². The Bertz CT molecular complexity index is 557. The Morgan fingerprint density at radius 3 is 2.71 bits per heavy atom. The second-order valence-electron chi connectivity index (χ2n) is 3.54. The van der Waals surface area contributed by atoms with Crippen molar-refractivity contribution in [1.82, 2.24) is 9.97 Å². The molecule has 2 aromatic heterocycles. The highest BCUT2D eigenvalue weighted by Gasteiger charge is 2.07. The molecule has 1 N–H and O–H groups in total. The molecule has 1 amide bonds. The van der Waals surface area contributed by atoms with Crippen LogP contribution in [-0.2, 0) is 0 Å². The highest BCUT2D eigenvalue weighted by molar-refractivity contribution is 6.29. The lowest BCUT2D eigenvalue weighted by Gasteiger charge is -2.04. The summed E-state index contributed by atoms with van der Waals surface area (Å²) in [4.78, 5) is 19.7. The number of rotatable bonds is 2. The topological polar surface area (TPSA) is 54.9 Å². The van der Waals surface area contributed by atoms with Gasteiger partial charge in [-0.15, -0.1) is 0 Å². The molecule has 2 rings (SSSR count). The number of halogens is 1. The standard InChI is InChI=1S/C12H10ClN3O/c1-8-2-4-15-11(6-8)16-12(17)9-3-5-14-10(13)7-9/h2-7H,1H3,(H,15,16,17). The predicted octanol–water partition coefficient (Wildman–Crippen LogP) is 2.69. The smallest absolute Gasteiger partial charge is 0.256 e. The number of nitrogens with zero attached hydrogens (tertiary/aromatic N) is 2. The molecule has 0 aliphatic heterocycles. The SMILES string of the molecule is Cc1ccnc(NC(=O)c2ccnc(Cl)c2)c1. The quantitative estimate of drug-likeness (QED) is 0.830. The van der Waals surface area contributed by atoms with Gasteiger partial charge in [-0.3, -0.25) is 4.79 Å². The summed E-state index contributed by atoms with van der Waals surface area (Å²) in [7, 11) is 0. The van der Waals surface area contributed by atoms with Crippen LogP contribution in [0.4, 0.5) is 5.82 Å². The fourth-order valence-electron chi connectivity index (χ4n) is 1.34. The predicted molar refractivity (Wildman–Crippen MR) is 66.2 cm³/mol. The summed E-state index contributed by atoms with van der Waals surface area (Å²) in [6.07, 6.45) is 3.13. The van der Waals surface area contributed by atoms with Gasteiger partial charge in [-0.2, -0.15) is 0 Å². The van der Waals surface area contributed by atoms with Crippen molar-refractivity contribution in [2.24, 2.45) is 0 Å². The lowest BCUT2D eigenvalue weighted by molar-refractivity contribution is 0.102. The van der Waals surface area contributed by atoms with Crippen molar-refractivity contribution in [3.63, 3.8) is 0 Å². The Kier molecular flexibility index (Phi) is 3.35. The molecule has 0 aromatic carbocycles. The maximum atomic E-state index is 11.8. The number of carbonyl (C=O) groups excluding carboxylic acids is 1. The third-order valence-corrected chi connectivity index (χ3v) is 2.35. The van der Waals surface area contributed by atoms with E-state index in [4.69, 9.17) is 11.6 Å². The Morgan fingerprint density at radius 1 is 1.24 bits per heavy atom. The molecule has 0 aliphatic carbocycles. The summed E-state index contributed by atoms with van der Waals surface area (Å²) in [5.74, 6) is 0.260. The zero-order valence-electron chi connectivity index (χ0n) is 9.14. The van der Waals surface area contributed by atoms with Gasteiger partial charge < -0.3 is 5.32 Å². The Balaban J connectivity index is 2.17. The molecule has 5 heteroatoms. The highest BCUT2D eigenvalue weighted by atomic mass is 35.5. The summed E-state index contributed by atoms with van der Waals surface area (Å²) >= 11 is 5.71. The van der Waals surface area contributed by atoms with Gasteiger partial charge in [-0.05, 0) is 36.8 Å². The monoisotopic (exact) mass is 247 g/mol. The van der Waals surface area contributed by atoms with E-state index in [9.17, 15) is 4.79 Å². The van der Waals surface area contributed by atoms with Gasteiger partial charge in [0.25, 0.3) is 5.91 Å². The number of hydrogen-bond acceptors (Lipinski definition) is 3. The molecule has 0 radical (unpaired) electrons. The molecule has 4 nitrogen and oxygen atoms in total. The maximum Gasteiger partial charge on any atom is 0.256 e. The van der Waals surface area contributed by atoms with Crippen LogP contribution in [0, 0.1) is 6.92 Å². The number of anilines is 1. The van der Waals surface area contributed by atoms with E-state index in [2.05, 4.69) is 15.3 Å². The zero-order chi connectivity index (χ0) is 12.3. The van der Waals surface area contributed by atoms with E-state index in [0.29, 0.717) is 11.4 Å². The number of hydrogen-bond donors (Lipinski definition) is 1. The highest BCUT2D eigenvalue weighted by Crippen LogP contribution is 2.10. The first-order valence-corrected chi connectivity index (χ1v) is 5.38. The molecule has 0 saturated carbocycles. The number of pyridine rings is 2. The number of carbonyl (C=O) groups is 1. The van der Waals surface area contributed by atoms with Crippen LogP contribution in [0.15, 0.2) is 36.7 Å². The van der Waals surface area contributed by atoms with Gasteiger partial charge >= 0.3 is 0 Å². The third kappa shape index (κ3) is 3.01. The number of amides is 1. The summed E-state index contributed by atoms with van der Waals surface area (Å²) in [6.45, 7) is 1.93. The molecule has 2 heterocycles. The summed E-state index contributed by atoms with van der Waals surface area (Å²) in [5.41, 5.74) is 1.48. The van der Waals surface area contributed by atoms with E-state index in [1.54, 1.807) is 18.3 Å². The molecular formula is C12H10ClN3O. The van der Waals surface area contributed by atoms with E-state index >= 15 is 0 Å². The molecule has 0 spiro atoms. The Labute approximate surface area is 104 Å². The van der Waals surface area contributed by atoms with Crippen molar-refractivity contribution in [1.29, 1.82) is 0 Å². The van der Waals surface area contributed by atoms with E-state index in [1.165, 1.54) is 12.3 Å². The fraction of sp³-hybridized carbons (Fsp3) is 0.0833. The van der Waals surface area contributed by atoms with E-state index in [0.717, 1.165) is 5.56 Å². The van der Waals surface area contributed by atoms with Crippen LogP contribution in [0.25, 0.3) is 0 Å². The first-order valence-electron chi connectivity index (χ1n) is 5.01. The summed E-state index contributed by atoms with van der Waals surface area (Å²) in [6, 6.07) is 6.75. The summed E-state index contributed by atoms with van der Waals surface area (Å²) < 4.78 is 0. The molecule has 0 atom stereocenters. The minimum Gasteiger partial charge on any atom is -0.307 e. The summed E-state index contributed by atoms with van der Waals surface area (Å²) in [5, 5.41) is 2.98. The fourth-order valence-corrected chi connectivity index (χ4v) is 1.51. The van der Waals surface area contributed by atoms with Crippen molar-refractivity contribution in [3.05, 3.63) is 52.9 Å².